The number of piperidine rings is 1. The molecule has 0 aromatic rings. The predicted octanol–water partition coefficient (Wildman–Crippen LogP) is -0.0174. The van der Waals surface area contributed by atoms with Crippen LogP contribution in [0.3, 0.4) is 0 Å². The van der Waals surface area contributed by atoms with Crippen molar-refractivity contribution < 1.29 is 9.32 Å². The highest BCUT2D eigenvalue weighted by atomic mass is 32.2. The van der Waals surface area contributed by atoms with Gasteiger partial charge in [-0.2, -0.15) is 0 Å². The molecule has 0 spiro atoms. The number of aliphatic hydroxyl groups excluding tert-OH is 1. The summed E-state index contributed by atoms with van der Waals surface area (Å²) in [7, 11) is -0.914. The highest BCUT2D eigenvalue weighted by molar-refractivity contribution is 7.81. The maximum atomic E-state index is 11.0. The normalized spacial score (nSPS) is 37.0. The van der Waals surface area contributed by atoms with E-state index in [1.807, 2.05) is 11.2 Å². The quantitative estimate of drug-likeness (QED) is 0.611. The van der Waals surface area contributed by atoms with E-state index in [-0.39, 0.29) is 6.10 Å². The molecular weight excluding hydrogens is 162 g/mol. The molecule has 0 aliphatic carbocycles. The lowest BCUT2D eigenvalue weighted by atomic mass is 9.98. The molecule has 0 saturated carbocycles. The Labute approximate surface area is 70.0 Å². The number of hydrogen-bond acceptors (Lipinski definition) is 2. The van der Waals surface area contributed by atoms with Gasteiger partial charge in [0.1, 0.15) is 0 Å². The summed E-state index contributed by atoms with van der Waals surface area (Å²) in [5, 5.41) is 9.42. The molecule has 1 rings (SSSR count). The second kappa shape index (κ2) is 3.65. The van der Waals surface area contributed by atoms with Gasteiger partial charge in [-0.3, -0.25) is 0 Å². The molecule has 1 fully saturated rings. The van der Waals surface area contributed by atoms with Crippen LogP contribution in [0.5, 0.6) is 0 Å². The van der Waals surface area contributed by atoms with Crippen LogP contribution < -0.4 is 0 Å². The average Bonchev–Trinajstić information content (AvgIpc) is 1.94. The van der Waals surface area contributed by atoms with Gasteiger partial charge in [0.2, 0.25) is 0 Å². The molecule has 0 radical (unpaired) electrons. The second-order valence-electron chi connectivity index (χ2n) is 3.15. The Bertz CT molecular complexity index is 163. The number of nitrogens with zero attached hydrogens (tertiary/aromatic N) is 1. The van der Waals surface area contributed by atoms with E-state index in [1.54, 1.807) is 6.26 Å². The number of hydrogen-bond donors (Lipinski definition) is 1. The van der Waals surface area contributed by atoms with Gasteiger partial charge in [-0.25, -0.2) is 8.51 Å². The van der Waals surface area contributed by atoms with Crippen LogP contribution in [0, 0.1) is 5.92 Å². The topological polar surface area (TPSA) is 40.5 Å². The summed E-state index contributed by atoms with van der Waals surface area (Å²) in [4.78, 5) is 0. The molecule has 1 N–H and O–H groups in total. The summed E-state index contributed by atoms with van der Waals surface area (Å²) in [6.45, 7) is 3.44. The minimum absolute atomic E-state index is 0.298. The molecule has 1 aliphatic heterocycles. The lowest BCUT2D eigenvalue weighted by molar-refractivity contribution is 0.0626. The molecule has 4 heteroatoms. The molecule has 66 valence electrons. The van der Waals surface area contributed by atoms with Gasteiger partial charge in [0.15, 0.2) is 0 Å². The maximum absolute atomic E-state index is 11.0. The van der Waals surface area contributed by atoms with Crippen molar-refractivity contribution in [2.75, 3.05) is 19.3 Å². The average molecular weight is 177 g/mol. The van der Waals surface area contributed by atoms with Crippen molar-refractivity contribution in [2.45, 2.75) is 19.4 Å². The monoisotopic (exact) mass is 177 g/mol. The van der Waals surface area contributed by atoms with Crippen molar-refractivity contribution in [3.05, 3.63) is 0 Å². The summed E-state index contributed by atoms with van der Waals surface area (Å²) >= 11 is 0. The fraction of sp³-hybridized carbons (Fsp3) is 1.00. The second-order valence-corrected chi connectivity index (χ2v) is 4.51. The molecular formula is C7H15NO2S. The standard InChI is InChI=1S/C7H15NO2S/c1-6-3-4-8(11(2)10)5-7(6)9/h6-7,9H,3-5H2,1-2H3. The first-order valence-corrected chi connectivity index (χ1v) is 5.39. The van der Waals surface area contributed by atoms with Crippen LogP contribution in [0.15, 0.2) is 0 Å². The molecule has 1 saturated heterocycles. The fourth-order valence-electron chi connectivity index (χ4n) is 1.25. The molecule has 1 aliphatic rings. The van der Waals surface area contributed by atoms with Crippen LogP contribution in [0.1, 0.15) is 13.3 Å². The first-order valence-electron chi connectivity index (χ1n) is 3.88. The van der Waals surface area contributed by atoms with E-state index < -0.39 is 11.0 Å². The lowest BCUT2D eigenvalue weighted by Crippen LogP contribution is -2.43. The van der Waals surface area contributed by atoms with Gasteiger partial charge in [-0.1, -0.05) is 6.92 Å². The van der Waals surface area contributed by atoms with Crippen molar-refractivity contribution in [1.29, 1.82) is 0 Å². The SMILES string of the molecule is CC1CCN(S(C)=O)CC1O. The van der Waals surface area contributed by atoms with E-state index in [9.17, 15) is 9.32 Å². The highest BCUT2D eigenvalue weighted by Crippen LogP contribution is 2.17. The van der Waals surface area contributed by atoms with Crippen LogP contribution in [0.25, 0.3) is 0 Å². The summed E-state index contributed by atoms with van der Waals surface area (Å²) in [5.74, 6) is 0.356. The first-order chi connectivity index (χ1) is 5.11. The van der Waals surface area contributed by atoms with Gasteiger partial charge in [-0.05, 0) is 12.3 Å². The zero-order valence-corrected chi connectivity index (χ0v) is 7.80. The number of rotatable bonds is 1. The van der Waals surface area contributed by atoms with Gasteiger partial charge in [0.05, 0.1) is 17.1 Å². The van der Waals surface area contributed by atoms with E-state index in [4.69, 9.17) is 0 Å². The zero-order valence-electron chi connectivity index (χ0n) is 6.99. The molecule has 0 amide bonds. The molecule has 3 nitrogen and oxygen atoms in total. The molecule has 3 unspecified atom stereocenters. The van der Waals surface area contributed by atoms with Crippen molar-refractivity contribution >= 4 is 11.0 Å². The van der Waals surface area contributed by atoms with Crippen LogP contribution in [0.2, 0.25) is 0 Å². The first kappa shape index (κ1) is 9.16. The Morgan fingerprint density at radius 3 is 2.73 bits per heavy atom. The van der Waals surface area contributed by atoms with Crippen molar-refractivity contribution in [2.24, 2.45) is 5.92 Å². The Balaban J connectivity index is 2.46. The smallest absolute Gasteiger partial charge is 0.0911 e. The minimum Gasteiger partial charge on any atom is -0.391 e. The molecule has 0 bridgehead atoms. The Morgan fingerprint density at radius 2 is 2.27 bits per heavy atom. The Morgan fingerprint density at radius 1 is 1.64 bits per heavy atom. The summed E-state index contributed by atoms with van der Waals surface area (Å²) in [6, 6.07) is 0. The van der Waals surface area contributed by atoms with E-state index in [0.29, 0.717) is 12.5 Å². The molecule has 0 aromatic carbocycles. The summed E-state index contributed by atoms with van der Waals surface area (Å²) in [5.41, 5.74) is 0. The van der Waals surface area contributed by atoms with E-state index in [1.165, 1.54) is 0 Å². The van der Waals surface area contributed by atoms with Crippen molar-refractivity contribution in [1.82, 2.24) is 4.31 Å². The third-order valence-electron chi connectivity index (χ3n) is 2.24. The molecule has 1 heterocycles. The van der Waals surface area contributed by atoms with E-state index in [0.717, 1.165) is 13.0 Å². The molecule has 3 atom stereocenters. The largest absolute Gasteiger partial charge is 0.391 e. The minimum atomic E-state index is -0.914. The summed E-state index contributed by atoms with van der Waals surface area (Å²) in [6.07, 6.45) is 2.30. The van der Waals surface area contributed by atoms with Gasteiger partial charge in [0.25, 0.3) is 0 Å². The summed E-state index contributed by atoms with van der Waals surface area (Å²) < 4.78 is 12.8. The molecule has 0 aromatic heterocycles. The van der Waals surface area contributed by atoms with Gasteiger partial charge in [-0.15, -0.1) is 0 Å². The molecule has 11 heavy (non-hydrogen) atoms. The van der Waals surface area contributed by atoms with Crippen LogP contribution in [-0.4, -0.2) is 39.1 Å². The maximum Gasteiger partial charge on any atom is 0.0911 e. The van der Waals surface area contributed by atoms with Crippen molar-refractivity contribution in [3.8, 4) is 0 Å². The van der Waals surface area contributed by atoms with E-state index in [2.05, 4.69) is 0 Å². The number of aliphatic hydroxyl groups is 1. The predicted molar refractivity (Wildman–Crippen MR) is 45.4 cm³/mol. The van der Waals surface area contributed by atoms with Crippen LogP contribution >= 0.6 is 0 Å². The van der Waals surface area contributed by atoms with Crippen molar-refractivity contribution in [3.63, 3.8) is 0 Å². The third-order valence-corrected chi connectivity index (χ3v) is 3.30. The Hall–Kier alpha value is 0.0700. The fourth-order valence-corrected chi connectivity index (χ4v) is 1.98. The number of β-amino-alcohol motifs (C(OH)–C–C–N with tert-alkyl or cyclic N) is 1. The Kier molecular flexibility index (Phi) is 3.04. The highest BCUT2D eigenvalue weighted by Gasteiger charge is 2.25. The van der Waals surface area contributed by atoms with Crippen LogP contribution in [-0.2, 0) is 11.0 Å². The van der Waals surface area contributed by atoms with Gasteiger partial charge < -0.3 is 5.11 Å². The zero-order chi connectivity index (χ0) is 8.43. The third kappa shape index (κ3) is 2.25. The van der Waals surface area contributed by atoms with Gasteiger partial charge >= 0.3 is 0 Å². The van der Waals surface area contributed by atoms with Crippen LogP contribution in [0.4, 0.5) is 0 Å². The van der Waals surface area contributed by atoms with E-state index >= 15 is 0 Å². The van der Waals surface area contributed by atoms with Gasteiger partial charge in [0, 0.05) is 19.3 Å². The lowest BCUT2D eigenvalue weighted by Gasteiger charge is -2.32.